The van der Waals surface area contributed by atoms with E-state index in [9.17, 15) is 14.4 Å². The lowest BCUT2D eigenvalue weighted by atomic mass is 10.1. The van der Waals surface area contributed by atoms with Crippen molar-refractivity contribution in [3.05, 3.63) is 24.2 Å². The number of hydrogen-bond donors (Lipinski definition) is 3. The molecule has 1 aromatic heterocycles. The largest absolute Gasteiger partial charge is 0.481 e. The van der Waals surface area contributed by atoms with E-state index in [1.165, 1.54) is 19.3 Å². The van der Waals surface area contributed by atoms with Crippen LogP contribution >= 0.6 is 0 Å². The molecular weight excluding hydrogens is 276 g/mol. The van der Waals surface area contributed by atoms with Crippen LogP contribution in [0.1, 0.15) is 43.7 Å². The van der Waals surface area contributed by atoms with Gasteiger partial charge in [-0.1, -0.05) is 13.3 Å². The molecule has 1 rings (SSSR count). The zero-order valence-electron chi connectivity index (χ0n) is 12.1. The summed E-state index contributed by atoms with van der Waals surface area (Å²) in [5, 5.41) is 13.9. The third kappa shape index (κ3) is 5.68. The molecule has 3 N–H and O–H groups in total. The van der Waals surface area contributed by atoms with Crippen LogP contribution in [0.25, 0.3) is 0 Å². The van der Waals surface area contributed by atoms with Gasteiger partial charge < -0.3 is 20.2 Å². The van der Waals surface area contributed by atoms with Crippen LogP contribution in [0.4, 0.5) is 0 Å². The molecule has 116 valence electrons. The van der Waals surface area contributed by atoms with E-state index in [1.807, 2.05) is 6.92 Å². The Balaban J connectivity index is 2.52. The normalized spacial score (nSPS) is 13.2. The molecule has 0 aliphatic carbocycles. The van der Waals surface area contributed by atoms with Gasteiger partial charge in [-0.25, -0.2) is 0 Å². The van der Waals surface area contributed by atoms with E-state index in [4.69, 9.17) is 9.52 Å². The lowest BCUT2D eigenvalue weighted by Crippen LogP contribution is -2.48. The number of carbonyl (C=O) groups excluding carboxylic acids is 2. The summed E-state index contributed by atoms with van der Waals surface area (Å²) in [4.78, 5) is 34.4. The minimum absolute atomic E-state index is 0.116. The zero-order chi connectivity index (χ0) is 15.8. The first-order valence-corrected chi connectivity index (χ1v) is 6.80. The maximum Gasteiger partial charge on any atom is 0.305 e. The lowest BCUT2D eigenvalue weighted by Gasteiger charge is -2.19. The second-order valence-electron chi connectivity index (χ2n) is 4.76. The zero-order valence-corrected chi connectivity index (χ0v) is 12.1. The van der Waals surface area contributed by atoms with Crippen molar-refractivity contribution < 1.29 is 23.9 Å². The molecule has 1 heterocycles. The Labute approximate surface area is 122 Å². The molecule has 0 spiro atoms. The lowest BCUT2D eigenvalue weighted by molar-refractivity contribution is -0.137. The van der Waals surface area contributed by atoms with Gasteiger partial charge in [-0.05, 0) is 25.5 Å². The van der Waals surface area contributed by atoms with Gasteiger partial charge in [0.1, 0.15) is 6.04 Å². The van der Waals surface area contributed by atoms with Crippen molar-refractivity contribution in [2.45, 2.75) is 45.2 Å². The van der Waals surface area contributed by atoms with Gasteiger partial charge in [0.15, 0.2) is 5.76 Å². The Hall–Kier alpha value is -2.31. The first-order chi connectivity index (χ1) is 9.93. The Morgan fingerprint density at radius 1 is 1.33 bits per heavy atom. The highest BCUT2D eigenvalue weighted by Gasteiger charge is 2.21. The van der Waals surface area contributed by atoms with E-state index in [0.717, 1.165) is 6.42 Å². The predicted molar refractivity (Wildman–Crippen MR) is 74.7 cm³/mol. The van der Waals surface area contributed by atoms with Gasteiger partial charge >= 0.3 is 5.97 Å². The molecular formula is C14H20N2O5. The Morgan fingerprint density at radius 2 is 2.05 bits per heavy atom. The smallest absolute Gasteiger partial charge is 0.305 e. The molecule has 0 radical (unpaired) electrons. The molecule has 2 unspecified atom stereocenters. The summed E-state index contributed by atoms with van der Waals surface area (Å²) in [6, 6.07) is 1.84. The van der Waals surface area contributed by atoms with Crippen LogP contribution in [-0.2, 0) is 9.59 Å². The molecule has 0 fully saturated rings. The topological polar surface area (TPSA) is 109 Å². The Bertz CT molecular complexity index is 484. The van der Waals surface area contributed by atoms with Crippen LogP contribution in [0, 0.1) is 0 Å². The van der Waals surface area contributed by atoms with Crippen molar-refractivity contribution in [2.75, 3.05) is 0 Å². The van der Waals surface area contributed by atoms with E-state index in [2.05, 4.69) is 10.6 Å². The first-order valence-electron chi connectivity index (χ1n) is 6.80. The molecule has 0 bridgehead atoms. The van der Waals surface area contributed by atoms with E-state index in [-0.39, 0.29) is 12.2 Å². The van der Waals surface area contributed by atoms with Crippen molar-refractivity contribution in [3.63, 3.8) is 0 Å². The summed E-state index contributed by atoms with van der Waals surface area (Å²) >= 11 is 0. The van der Waals surface area contributed by atoms with Gasteiger partial charge in [-0.3, -0.25) is 14.4 Å². The average molecular weight is 296 g/mol. The van der Waals surface area contributed by atoms with E-state index in [0.29, 0.717) is 6.42 Å². The molecule has 1 aromatic rings. The van der Waals surface area contributed by atoms with Crippen molar-refractivity contribution in [2.24, 2.45) is 0 Å². The number of furan rings is 1. The predicted octanol–water partition coefficient (Wildman–Crippen LogP) is 1.16. The Morgan fingerprint density at radius 3 is 2.57 bits per heavy atom. The quantitative estimate of drug-likeness (QED) is 0.667. The van der Waals surface area contributed by atoms with Gasteiger partial charge in [-0.2, -0.15) is 0 Å². The maximum atomic E-state index is 12.0. The third-order valence-corrected chi connectivity index (χ3v) is 2.89. The van der Waals surface area contributed by atoms with Crippen LogP contribution in [0.15, 0.2) is 22.8 Å². The summed E-state index contributed by atoms with van der Waals surface area (Å²) in [6.07, 6.45) is 2.55. The molecule has 7 nitrogen and oxygen atoms in total. The van der Waals surface area contributed by atoms with Gasteiger partial charge in [0.25, 0.3) is 5.91 Å². The minimum atomic E-state index is -0.971. The standard InChI is InChI=1S/C14H20N2O5/c1-3-5-10(8-12(17)18)16-13(19)9(2)15-14(20)11-6-4-7-21-11/h4,6-7,9-10H,3,5,8H2,1-2H3,(H,15,20)(H,16,19)(H,17,18). The molecule has 2 amide bonds. The van der Waals surface area contributed by atoms with Gasteiger partial charge in [0.05, 0.1) is 12.7 Å². The number of carboxylic acid groups (broad SMARTS) is 1. The molecule has 7 heteroatoms. The van der Waals surface area contributed by atoms with Crippen molar-refractivity contribution >= 4 is 17.8 Å². The maximum absolute atomic E-state index is 12.0. The van der Waals surface area contributed by atoms with Crippen LogP contribution in [0.5, 0.6) is 0 Å². The van der Waals surface area contributed by atoms with E-state index in [1.54, 1.807) is 6.07 Å². The molecule has 0 saturated carbocycles. The highest BCUT2D eigenvalue weighted by molar-refractivity contribution is 5.95. The first kappa shape index (κ1) is 16.7. The fourth-order valence-corrected chi connectivity index (χ4v) is 1.85. The number of aliphatic carboxylic acids is 1. The van der Waals surface area contributed by atoms with Crippen LogP contribution in [0.3, 0.4) is 0 Å². The van der Waals surface area contributed by atoms with Crippen molar-refractivity contribution in [1.82, 2.24) is 10.6 Å². The van der Waals surface area contributed by atoms with Crippen LogP contribution < -0.4 is 10.6 Å². The second-order valence-corrected chi connectivity index (χ2v) is 4.76. The summed E-state index contributed by atoms with van der Waals surface area (Å²) < 4.78 is 4.93. The van der Waals surface area contributed by atoms with Gasteiger partial charge in [0.2, 0.25) is 5.91 Å². The van der Waals surface area contributed by atoms with Crippen molar-refractivity contribution in [3.8, 4) is 0 Å². The number of hydrogen-bond acceptors (Lipinski definition) is 4. The fourth-order valence-electron chi connectivity index (χ4n) is 1.85. The molecule has 2 atom stereocenters. The second kappa shape index (κ2) is 8.08. The highest BCUT2D eigenvalue weighted by atomic mass is 16.4. The summed E-state index contributed by atoms with van der Waals surface area (Å²) in [5.74, 6) is -1.77. The van der Waals surface area contributed by atoms with Gasteiger partial charge in [0, 0.05) is 6.04 Å². The van der Waals surface area contributed by atoms with Crippen molar-refractivity contribution in [1.29, 1.82) is 0 Å². The van der Waals surface area contributed by atoms with Gasteiger partial charge in [-0.15, -0.1) is 0 Å². The van der Waals surface area contributed by atoms with E-state index < -0.39 is 29.9 Å². The molecule has 0 aliphatic heterocycles. The monoisotopic (exact) mass is 296 g/mol. The van der Waals surface area contributed by atoms with E-state index >= 15 is 0 Å². The van der Waals surface area contributed by atoms with Crippen LogP contribution in [-0.4, -0.2) is 35.0 Å². The number of rotatable bonds is 8. The molecule has 0 aromatic carbocycles. The number of carboxylic acids is 1. The number of nitrogens with one attached hydrogen (secondary N) is 2. The summed E-state index contributed by atoms with van der Waals surface area (Å²) in [5.41, 5.74) is 0. The molecule has 21 heavy (non-hydrogen) atoms. The number of carbonyl (C=O) groups is 3. The minimum Gasteiger partial charge on any atom is -0.481 e. The Kier molecular flexibility index (Phi) is 6.45. The summed E-state index contributed by atoms with van der Waals surface area (Å²) in [6.45, 7) is 3.43. The highest BCUT2D eigenvalue weighted by Crippen LogP contribution is 2.04. The molecule has 0 saturated heterocycles. The number of amides is 2. The fraction of sp³-hybridized carbons (Fsp3) is 0.500. The average Bonchev–Trinajstić information content (AvgIpc) is 2.91. The third-order valence-electron chi connectivity index (χ3n) is 2.89. The van der Waals surface area contributed by atoms with Crippen LogP contribution in [0.2, 0.25) is 0 Å². The SMILES string of the molecule is CCCC(CC(=O)O)NC(=O)C(C)NC(=O)c1ccco1. The summed E-state index contributed by atoms with van der Waals surface area (Å²) in [7, 11) is 0. The molecule has 0 aliphatic rings.